The number of aliphatic hydroxyl groups is 5. The summed E-state index contributed by atoms with van der Waals surface area (Å²) in [6, 6.07) is 0. The highest BCUT2D eigenvalue weighted by atomic mass is 16.7. The Morgan fingerprint density at radius 2 is 1.79 bits per heavy atom. The quantitative estimate of drug-likeness (QED) is 0.230. The first-order chi connectivity index (χ1) is 13.4. The van der Waals surface area contributed by atoms with Crippen LogP contribution in [-0.4, -0.2) is 79.7 Å². The van der Waals surface area contributed by atoms with Crippen molar-refractivity contribution in [3.63, 3.8) is 0 Å². The van der Waals surface area contributed by atoms with Gasteiger partial charge in [0.1, 0.15) is 23.9 Å². The molecule has 2 saturated carbocycles. The Morgan fingerprint density at radius 1 is 1.14 bits per heavy atom. The fourth-order valence-electron chi connectivity index (χ4n) is 7.19. The van der Waals surface area contributed by atoms with Crippen molar-refractivity contribution < 1.29 is 44.6 Å². The number of esters is 1. The third-order valence-corrected chi connectivity index (χ3v) is 8.44. The average Bonchev–Trinajstić information content (AvgIpc) is 2.98. The van der Waals surface area contributed by atoms with Gasteiger partial charge in [0.05, 0.1) is 12.0 Å². The average molecular weight is 408 g/mol. The van der Waals surface area contributed by atoms with E-state index in [2.05, 4.69) is 6.58 Å². The number of ketones is 1. The summed E-state index contributed by atoms with van der Waals surface area (Å²) in [4.78, 5) is 25.0. The molecule has 0 unspecified atom stereocenters. The van der Waals surface area contributed by atoms with Crippen LogP contribution in [0.25, 0.3) is 0 Å². The van der Waals surface area contributed by atoms with Crippen molar-refractivity contribution in [2.24, 2.45) is 22.7 Å². The zero-order valence-electron chi connectivity index (χ0n) is 16.0. The van der Waals surface area contributed by atoms with Gasteiger partial charge in [0.2, 0.25) is 5.79 Å². The SMILES string of the molecule is C=C1[C@@H](O)[C@@]2(O)OC[C@]34[C@H]2[C@@]2(C)[C@H](O)C(=O)C=C(C)[C@@H]2C[C@H]3OC(=O)[C@H](O)[C@@]14O. The molecule has 2 aliphatic heterocycles. The van der Waals surface area contributed by atoms with E-state index >= 15 is 0 Å². The summed E-state index contributed by atoms with van der Waals surface area (Å²) >= 11 is 0. The highest BCUT2D eigenvalue weighted by molar-refractivity contribution is 5.96. The van der Waals surface area contributed by atoms with Crippen molar-refractivity contribution in [1.29, 1.82) is 0 Å². The topological polar surface area (TPSA) is 154 Å². The fourth-order valence-corrected chi connectivity index (χ4v) is 7.19. The Balaban J connectivity index is 1.85. The summed E-state index contributed by atoms with van der Waals surface area (Å²) in [6.45, 7) is 6.62. The van der Waals surface area contributed by atoms with Crippen molar-refractivity contribution in [3.8, 4) is 0 Å². The van der Waals surface area contributed by atoms with E-state index in [0.717, 1.165) is 0 Å². The molecule has 0 aromatic carbocycles. The molecule has 2 saturated heterocycles. The molecule has 0 aromatic rings. The van der Waals surface area contributed by atoms with Crippen molar-refractivity contribution in [2.45, 2.75) is 56.1 Å². The van der Waals surface area contributed by atoms with Crippen LogP contribution in [0.15, 0.2) is 23.8 Å². The zero-order chi connectivity index (χ0) is 21.3. The van der Waals surface area contributed by atoms with Crippen LogP contribution in [0.1, 0.15) is 20.3 Å². The molecule has 158 valence electrons. The first-order valence-corrected chi connectivity index (χ1v) is 9.63. The molecule has 0 aromatic heterocycles. The van der Waals surface area contributed by atoms with Gasteiger partial charge in [0.15, 0.2) is 11.9 Å². The summed E-state index contributed by atoms with van der Waals surface area (Å²) in [5.74, 6) is -5.66. The number of rotatable bonds is 0. The molecular weight excluding hydrogens is 384 g/mol. The number of ether oxygens (including phenoxy) is 2. The number of carbonyl (C=O) groups is 2. The van der Waals surface area contributed by atoms with E-state index in [9.17, 15) is 35.1 Å². The molecule has 2 bridgehead atoms. The van der Waals surface area contributed by atoms with E-state index in [1.807, 2.05) is 0 Å². The van der Waals surface area contributed by atoms with E-state index in [1.54, 1.807) is 13.8 Å². The van der Waals surface area contributed by atoms with Gasteiger partial charge in [0, 0.05) is 11.3 Å². The standard InChI is InChI=1S/C20H24O9/c1-7-4-10(21)13(23)17(3)9(7)5-11-18-6-28-20(27,16(17)18)12(22)8(2)19(18,26)14(24)15(25)29-11/h4,9,11-14,16,22-24,26-27H,2,5-6H2,1,3H3/t9-,11+,12+,13+,14-,16+,17+,18+,19-,20+/m0/s1. The van der Waals surface area contributed by atoms with Crippen molar-refractivity contribution in [3.05, 3.63) is 23.8 Å². The smallest absolute Gasteiger partial charge is 0.338 e. The van der Waals surface area contributed by atoms with Crippen molar-refractivity contribution in [2.75, 3.05) is 6.61 Å². The molecule has 9 heteroatoms. The maximum absolute atomic E-state index is 12.5. The predicted octanol–water partition coefficient (Wildman–Crippen LogP) is -1.83. The highest BCUT2D eigenvalue weighted by Gasteiger charge is 2.87. The first kappa shape index (κ1) is 19.3. The maximum atomic E-state index is 12.5. The van der Waals surface area contributed by atoms with E-state index in [0.29, 0.717) is 5.57 Å². The minimum atomic E-state index is -2.37. The number of aliphatic hydroxyl groups excluding tert-OH is 3. The molecule has 0 radical (unpaired) electrons. The van der Waals surface area contributed by atoms with Crippen molar-refractivity contribution >= 4 is 11.8 Å². The number of carbonyl (C=O) groups excluding carboxylic acids is 2. The van der Waals surface area contributed by atoms with E-state index in [1.165, 1.54) is 6.08 Å². The molecule has 2 heterocycles. The van der Waals surface area contributed by atoms with Crippen LogP contribution >= 0.6 is 0 Å². The van der Waals surface area contributed by atoms with Crippen LogP contribution in [0.2, 0.25) is 0 Å². The van der Waals surface area contributed by atoms with Crippen LogP contribution in [0, 0.1) is 22.7 Å². The lowest BCUT2D eigenvalue weighted by atomic mass is 9.37. The third kappa shape index (κ3) is 1.69. The summed E-state index contributed by atoms with van der Waals surface area (Å²) in [5, 5.41) is 55.7. The number of hydrogen-bond acceptors (Lipinski definition) is 9. The van der Waals surface area contributed by atoms with Gasteiger partial charge in [0.25, 0.3) is 0 Å². The Kier molecular flexibility index (Phi) is 3.44. The minimum absolute atomic E-state index is 0.142. The molecular formula is C20H24O9. The highest BCUT2D eigenvalue weighted by Crippen LogP contribution is 2.74. The van der Waals surface area contributed by atoms with Crippen molar-refractivity contribution in [1.82, 2.24) is 0 Å². The maximum Gasteiger partial charge on any atom is 0.338 e. The van der Waals surface area contributed by atoms with Crippen LogP contribution in [0.4, 0.5) is 0 Å². The molecule has 5 aliphatic rings. The van der Waals surface area contributed by atoms with E-state index < -0.39 is 70.2 Å². The number of fused-ring (bicyclic) bond motifs is 1. The molecule has 5 N–H and O–H groups in total. The lowest BCUT2D eigenvalue weighted by Crippen LogP contribution is -2.82. The van der Waals surface area contributed by atoms with E-state index in [4.69, 9.17) is 9.47 Å². The summed E-state index contributed by atoms with van der Waals surface area (Å²) < 4.78 is 11.1. The van der Waals surface area contributed by atoms with Crippen LogP contribution in [0.5, 0.6) is 0 Å². The van der Waals surface area contributed by atoms with Gasteiger partial charge in [-0.1, -0.05) is 19.1 Å². The van der Waals surface area contributed by atoms with Gasteiger partial charge < -0.3 is 35.0 Å². The largest absolute Gasteiger partial charge is 0.460 e. The molecule has 29 heavy (non-hydrogen) atoms. The van der Waals surface area contributed by atoms with Gasteiger partial charge in [-0.25, -0.2) is 4.79 Å². The van der Waals surface area contributed by atoms with E-state index in [-0.39, 0.29) is 18.6 Å². The Hall–Kier alpha value is -1.62. The second-order valence-corrected chi connectivity index (χ2v) is 9.38. The second-order valence-electron chi connectivity index (χ2n) is 9.38. The van der Waals surface area contributed by atoms with Crippen LogP contribution in [-0.2, 0) is 19.1 Å². The van der Waals surface area contributed by atoms with Gasteiger partial charge in [-0.05, 0) is 30.9 Å². The van der Waals surface area contributed by atoms with Crippen LogP contribution < -0.4 is 0 Å². The Bertz CT molecular complexity index is 896. The molecule has 10 atom stereocenters. The third-order valence-electron chi connectivity index (χ3n) is 8.44. The Labute approximate surface area is 166 Å². The van der Waals surface area contributed by atoms with Gasteiger partial charge in [-0.3, -0.25) is 4.79 Å². The molecule has 4 fully saturated rings. The number of hydrogen-bond donors (Lipinski definition) is 5. The van der Waals surface area contributed by atoms with Gasteiger partial charge in [-0.15, -0.1) is 0 Å². The second kappa shape index (κ2) is 5.16. The zero-order valence-corrected chi connectivity index (χ0v) is 16.0. The minimum Gasteiger partial charge on any atom is -0.460 e. The summed E-state index contributed by atoms with van der Waals surface area (Å²) in [5.41, 5.74) is -5.06. The molecule has 9 nitrogen and oxygen atoms in total. The predicted molar refractivity (Wildman–Crippen MR) is 93.8 cm³/mol. The molecule has 3 aliphatic carbocycles. The van der Waals surface area contributed by atoms with Gasteiger partial charge in [-0.2, -0.15) is 0 Å². The lowest BCUT2D eigenvalue weighted by molar-refractivity contribution is -0.337. The Morgan fingerprint density at radius 3 is 2.45 bits per heavy atom. The normalized spacial score (nSPS) is 58.3. The number of allylic oxidation sites excluding steroid dienone is 1. The fraction of sp³-hybridized carbons (Fsp3) is 0.700. The lowest BCUT2D eigenvalue weighted by Gasteiger charge is -2.69. The first-order valence-electron chi connectivity index (χ1n) is 9.63. The van der Waals surface area contributed by atoms with Gasteiger partial charge >= 0.3 is 5.97 Å². The molecule has 5 rings (SSSR count). The molecule has 0 amide bonds. The van der Waals surface area contributed by atoms with Crippen LogP contribution in [0.3, 0.4) is 0 Å². The molecule has 1 spiro atoms. The summed E-state index contributed by atoms with van der Waals surface area (Å²) in [7, 11) is 0. The summed E-state index contributed by atoms with van der Waals surface area (Å²) in [6.07, 6.45) is -5.01. The monoisotopic (exact) mass is 408 g/mol.